The van der Waals surface area contributed by atoms with Crippen molar-refractivity contribution in [2.24, 2.45) is 0 Å². The van der Waals surface area contributed by atoms with Gasteiger partial charge in [0.1, 0.15) is 11.5 Å². The van der Waals surface area contributed by atoms with Crippen LogP contribution in [0, 0.1) is 23.0 Å². The number of rotatable bonds is 8. The van der Waals surface area contributed by atoms with Crippen molar-refractivity contribution in [3.05, 3.63) is 64.8 Å². The van der Waals surface area contributed by atoms with E-state index in [9.17, 15) is 10.1 Å². The Morgan fingerprint density at radius 2 is 1.89 bits per heavy atom. The largest absolute Gasteiger partial charge is 0.395 e. The zero-order chi connectivity index (χ0) is 26.7. The first-order valence-corrected chi connectivity index (χ1v) is 12.1. The highest BCUT2D eigenvalue weighted by atomic mass is 35.5. The number of hydrogen-bond acceptors (Lipinski definition) is 6. The van der Waals surface area contributed by atoms with E-state index in [1.54, 1.807) is 25.1 Å². The Morgan fingerprint density at radius 3 is 2.54 bits per heavy atom. The number of aromatic nitrogens is 1. The summed E-state index contributed by atoms with van der Waals surface area (Å²) < 4.78 is 31.1. The minimum absolute atomic E-state index is 0.0306. The van der Waals surface area contributed by atoms with Crippen molar-refractivity contribution in [2.45, 2.75) is 19.9 Å². The number of nitriles is 1. The molecule has 0 fully saturated rings. The van der Waals surface area contributed by atoms with Crippen LogP contribution in [-0.2, 0) is 0 Å². The molecule has 37 heavy (non-hydrogen) atoms. The van der Waals surface area contributed by atoms with Gasteiger partial charge in [-0.3, -0.25) is 9.80 Å². The lowest BCUT2D eigenvalue weighted by atomic mass is 10.0. The van der Waals surface area contributed by atoms with E-state index in [0.29, 0.717) is 29.2 Å². The van der Waals surface area contributed by atoms with E-state index in [4.69, 9.17) is 16.7 Å². The second-order valence-corrected chi connectivity index (χ2v) is 8.92. The van der Waals surface area contributed by atoms with Crippen LogP contribution < -0.4 is 20.4 Å². The summed E-state index contributed by atoms with van der Waals surface area (Å²) in [5.74, 6) is -1.64. The maximum atomic E-state index is 15.6. The van der Waals surface area contributed by atoms with E-state index >= 15 is 8.78 Å². The van der Waals surface area contributed by atoms with Crippen LogP contribution in [0.4, 0.5) is 36.5 Å². The lowest BCUT2D eigenvalue weighted by Gasteiger charge is -2.28. The summed E-state index contributed by atoms with van der Waals surface area (Å²) in [7, 11) is 0. The molecule has 0 radical (unpaired) electrons. The van der Waals surface area contributed by atoms with Gasteiger partial charge in [0.05, 0.1) is 28.9 Å². The summed E-state index contributed by atoms with van der Waals surface area (Å²) in [5.41, 5.74) is 0.894. The van der Waals surface area contributed by atoms with Crippen LogP contribution >= 0.6 is 11.6 Å². The van der Waals surface area contributed by atoms with Crippen molar-refractivity contribution in [1.82, 2.24) is 10.3 Å². The minimum atomic E-state index is -0.964. The van der Waals surface area contributed by atoms with Crippen molar-refractivity contribution in [3.8, 4) is 17.2 Å². The van der Waals surface area contributed by atoms with Gasteiger partial charge in [-0.05, 0) is 44.2 Å². The third-order valence-electron chi connectivity index (χ3n) is 5.95. The van der Waals surface area contributed by atoms with Crippen LogP contribution in [0.5, 0.6) is 0 Å². The zero-order valence-corrected chi connectivity index (χ0v) is 21.0. The molecule has 0 spiro atoms. The molecule has 0 saturated carbocycles. The Labute approximate surface area is 218 Å². The fourth-order valence-corrected chi connectivity index (χ4v) is 4.30. The molecule has 4 rings (SSSR count). The van der Waals surface area contributed by atoms with Crippen LogP contribution in [0.3, 0.4) is 0 Å². The third-order valence-corrected chi connectivity index (χ3v) is 6.15. The number of anilines is 4. The van der Waals surface area contributed by atoms with Crippen LogP contribution in [0.15, 0.2) is 42.6 Å². The Morgan fingerprint density at radius 1 is 1.16 bits per heavy atom. The zero-order valence-electron chi connectivity index (χ0n) is 20.2. The molecule has 2 heterocycles. The number of carbonyl (C=O) groups excluding carboxylic acids is 1. The van der Waals surface area contributed by atoms with Gasteiger partial charge >= 0.3 is 6.03 Å². The van der Waals surface area contributed by atoms with Gasteiger partial charge in [0, 0.05) is 48.7 Å². The van der Waals surface area contributed by atoms with Crippen molar-refractivity contribution in [1.29, 1.82) is 5.26 Å². The number of aliphatic hydroxyl groups excluding tert-OH is 1. The highest BCUT2D eigenvalue weighted by Gasteiger charge is 2.36. The van der Waals surface area contributed by atoms with E-state index in [1.807, 2.05) is 13.0 Å². The first-order valence-electron chi connectivity index (χ1n) is 11.7. The smallest absolute Gasteiger partial charge is 0.334 e. The lowest BCUT2D eigenvalue weighted by molar-refractivity contribution is 0.253. The molecule has 3 N–H and O–H groups in total. The monoisotopic (exact) mass is 526 g/mol. The third kappa shape index (κ3) is 5.20. The fraction of sp³-hybridized carbons (Fsp3) is 0.269. The Hall–Kier alpha value is -3.78. The van der Waals surface area contributed by atoms with Crippen molar-refractivity contribution < 1.29 is 18.7 Å². The highest BCUT2D eigenvalue weighted by Crippen LogP contribution is 2.45. The van der Waals surface area contributed by atoms with Crippen molar-refractivity contribution >= 4 is 40.5 Å². The van der Waals surface area contributed by atoms with Gasteiger partial charge in [0.2, 0.25) is 0 Å². The normalized spacial score (nSPS) is 13.5. The Bertz CT molecular complexity index is 1360. The summed E-state index contributed by atoms with van der Waals surface area (Å²) in [4.78, 5) is 20.4. The predicted octanol–water partition coefficient (Wildman–Crippen LogP) is 5.03. The summed E-state index contributed by atoms with van der Waals surface area (Å²) in [6.45, 7) is 4.47. The molecule has 1 aromatic heterocycles. The van der Waals surface area contributed by atoms with Crippen molar-refractivity contribution in [3.63, 3.8) is 0 Å². The number of hydrogen-bond donors (Lipinski definition) is 3. The molecule has 0 saturated heterocycles. The summed E-state index contributed by atoms with van der Waals surface area (Å²) in [6, 6.07) is 9.59. The van der Waals surface area contributed by atoms with E-state index in [2.05, 4.69) is 15.6 Å². The molecule has 1 atom stereocenters. The number of amides is 2. The number of aliphatic hydroxyl groups is 1. The molecule has 1 aliphatic heterocycles. The lowest BCUT2D eigenvalue weighted by Crippen LogP contribution is -2.41. The average molecular weight is 527 g/mol. The molecule has 192 valence electrons. The topological polar surface area (TPSA) is 105 Å². The Balaban J connectivity index is 1.81. The maximum Gasteiger partial charge on any atom is 0.334 e. The second kappa shape index (κ2) is 11.1. The van der Waals surface area contributed by atoms with E-state index < -0.39 is 23.4 Å². The van der Waals surface area contributed by atoms with Crippen LogP contribution in [-0.4, -0.2) is 48.4 Å². The number of urea groups is 1. The molecular weight excluding hydrogens is 502 g/mol. The number of nitrogens with zero attached hydrogens (tertiary/aromatic N) is 4. The maximum absolute atomic E-state index is 15.6. The molecule has 11 heteroatoms. The van der Waals surface area contributed by atoms with Gasteiger partial charge in [0.15, 0.2) is 11.6 Å². The van der Waals surface area contributed by atoms with Crippen LogP contribution in [0.2, 0.25) is 5.02 Å². The standard InChI is InChI=1S/C26H25ClF2N6O2/c1-3-34-25-20(9-17(27)13-33-25)19-5-4-16(12-30)8-23(19)35(26(34)37)24-21(28)10-18(11-22(24)29)32-7-6-31-15(2)14-36/h4-5,8-11,13,15,31-32,36H,3,6-7,14H2,1-2H3. The van der Waals surface area contributed by atoms with Crippen molar-refractivity contribution in [2.75, 3.05) is 41.4 Å². The number of pyridine rings is 1. The second-order valence-electron chi connectivity index (χ2n) is 8.48. The van der Waals surface area contributed by atoms with E-state index in [0.717, 1.165) is 17.0 Å². The molecule has 1 unspecified atom stereocenters. The van der Waals surface area contributed by atoms with Crippen LogP contribution in [0.1, 0.15) is 19.4 Å². The van der Waals surface area contributed by atoms with E-state index in [1.165, 1.54) is 17.2 Å². The molecule has 2 amide bonds. The van der Waals surface area contributed by atoms with Gasteiger partial charge in [-0.2, -0.15) is 5.26 Å². The predicted molar refractivity (Wildman–Crippen MR) is 139 cm³/mol. The SMILES string of the molecule is CCN1C(=O)N(c2c(F)cc(NCCNC(C)CO)cc2F)c2cc(C#N)ccc2-c2cc(Cl)cnc21. The fourth-order valence-electron chi connectivity index (χ4n) is 4.15. The molecule has 0 aliphatic carbocycles. The average Bonchev–Trinajstić information content (AvgIpc) is 2.98. The quantitative estimate of drug-likeness (QED) is 0.356. The Kier molecular flexibility index (Phi) is 7.88. The number of benzene rings is 2. The molecule has 1 aliphatic rings. The molecule has 0 bridgehead atoms. The summed E-state index contributed by atoms with van der Waals surface area (Å²) >= 11 is 6.21. The number of nitrogens with one attached hydrogen (secondary N) is 2. The van der Waals surface area contributed by atoms with Gasteiger partial charge in [-0.15, -0.1) is 0 Å². The van der Waals surface area contributed by atoms with E-state index in [-0.39, 0.29) is 41.9 Å². The van der Waals surface area contributed by atoms with Gasteiger partial charge in [0.25, 0.3) is 0 Å². The summed E-state index contributed by atoms with van der Waals surface area (Å²) in [6.07, 6.45) is 1.40. The molecule has 3 aromatic rings. The number of carbonyl (C=O) groups is 1. The molecular formula is C26H25ClF2N6O2. The first kappa shape index (κ1) is 26.3. The number of halogens is 3. The van der Waals surface area contributed by atoms with Gasteiger partial charge < -0.3 is 15.7 Å². The number of fused-ring (bicyclic) bond motifs is 3. The molecule has 2 aromatic carbocycles. The minimum Gasteiger partial charge on any atom is -0.395 e. The first-order chi connectivity index (χ1) is 17.8. The van der Waals surface area contributed by atoms with Gasteiger partial charge in [-0.1, -0.05) is 17.7 Å². The van der Waals surface area contributed by atoms with Crippen LogP contribution in [0.25, 0.3) is 11.1 Å². The highest BCUT2D eigenvalue weighted by molar-refractivity contribution is 6.31. The molecule has 8 nitrogen and oxygen atoms in total. The summed E-state index contributed by atoms with van der Waals surface area (Å²) in [5, 5.41) is 24.9. The van der Waals surface area contributed by atoms with Gasteiger partial charge in [-0.25, -0.2) is 18.6 Å².